The van der Waals surface area contributed by atoms with Crippen LogP contribution in [0.25, 0.3) is 0 Å². The average molecular weight is 343 g/mol. The number of rotatable bonds is 6. The SMILES string of the molecule is COC(=O)C(Cc1ccccc1)NC(=O)CC1CNCCO1.Cl. The van der Waals surface area contributed by atoms with Gasteiger partial charge in [0.25, 0.3) is 0 Å². The molecule has 1 amide bonds. The predicted octanol–water partition coefficient (Wildman–Crippen LogP) is 0.687. The molecule has 0 spiro atoms. The van der Waals surface area contributed by atoms with Crippen molar-refractivity contribution in [2.24, 2.45) is 0 Å². The lowest BCUT2D eigenvalue weighted by Crippen LogP contribution is -2.46. The number of hydrogen-bond acceptors (Lipinski definition) is 5. The fraction of sp³-hybridized carbons (Fsp3) is 0.500. The zero-order chi connectivity index (χ0) is 15.8. The summed E-state index contributed by atoms with van der Waals surface area (Å²) in [4.78, 5) is 24.0. The van der Waals surface area contributed by atoms with Crippen molar-refractivity contribution < 1.29 is 19.1 Å². The fourth-order valence-electron chi connectivity index (χ4n) is 2.40. The number of nitrogens with one attached hydrogen (secondary N) is 2. The first-order valence-corrected chi connectivity index (χ1v) is 7.42. The van der Waals surface area contributed by atoms with Gasteiger partial charge in [-0.1, -0.05) is 30.3 Å². The minimum atomic E-state index is -0.684. The van der Waals surface area contributed by atoms with Gasteiger partial charge in [-0.2, -0.15) is 0 Å². The molecule has 23 heavy (non-hydrogen) atoms. The highest BCUT2D eigenvalue weighted by molar-refractivity contribution is 5.85. The molecular formula is C16H23ClN2O4. The summed E-state index contributed by atoms with van der Waals surface area (Å²) in [6.07, 6.45) is 0.488. The Morgan fingerprint density at radius 3 is 2.74 bits per heavy atom. The lowest BCUT2D eigenvalue weighted by Gasteiger charge is -2.24. The van der Waals surface area contributed by atoms with Gasteiger partial charge in [-0.05, 0) is 5.56 Å². The van der Waals surface area contributed by atoms with Crippen molar-refractivity contribution in [3.63, 3.8) is 0 Å². The van der Waals surface area contributed by atoms with Crippen molar-refractivity contribution in [2.45, 2.75) is 25.0 Å². The molecule has 1 aliphatic heterocycles. The smallest absolute Gasteiger partial charge is 0.328 e. The van der Waals surface area contributed by atoms with E-state index in [1.54, 1.807) is 0 Å². The number of hydrogen-bond donors (Lipinski definition) is 2. The number of methoxy groups -OCH3 is 1. The van der Waals surface area contributed by atoms with E-state index in [0.29, 0.717) is 19.6 Å². The van der Waals surface area contributed by atoms with Gasteiger partial charge in [-0.25, -0.2) is 4.79 Å². The molecule has 0 radical (unpaired) electrons. The maximum absolute atomic E-state index is 12.1. The van der Waals surface area contributed by atoms with Gasteiger partial charge in [0.05, 0.1) is 26.2 Å². The summed E-state index contributed by atoms with van der Waals surface area (Å²) in [6, 6.07) is 8.84. The van der Waals surface area contributed by atoms with Gasteiger partial charge in [-0.15, -0.1) is 12.4 Å². The summed E-state index contributed by atoms with van der Waals surface area (Å²) in [5.74, 6) is -0.653. The third kappa shape index (κ3) is 6.56. The number of carbonyl (C=O) groups is 2. The Hall–Kier alpha value is -1.63. The van der Waals surface area contributed by atoms with Gasteiger partial charge < -0.3 is 20.1 Å². The monoisotopic (exact) mass is 342 g/mol. The first kappa shape index (κ1) is 19.4. The molecule has 1 fully saturated rings. The van der Waals surface area contributed by atoms with E-state index in [1.165, 1.54) is 7.11 Å². The minimum Gasteiger partial charge on any atom is -0.467 e. The van der Waals surface area contributed by atoms with Crippen molar-refractivity contribution in [1.29, 1.82) is 0 Å². The van der Waals surface area contributed by atoms with E-state index in [9.17, 15) is 9.59 Å². The largest absolute Gasteiger partial charge is 0.467 e. The standard InChI is InChI=1S/C16H22N2O4.ClH/c1-21-16(20)14(9-12-5-3-2-4-6-12)18-15(19)10-13-11-17-7-8-22-13;/h2-6,13-14,17H,7-11H2,1H3,(H,18,19);1H. The van der Waals surface area contributed by atoms with Crippen LogP contribution in [-0.2, 0) is 25.5 Å². The highest BCUT2D eigenvalue weighted by Gasteiger charge is 2.24. The quantitative estimate of drug-likeness (QED) is 0.744. The van der Waals surface area contributed by atoms with Gasteiger partial charge in [0.1, 0.15) is 6.04 Å². The highest BCUT2D eigenvalue weighted by atomic mass is 35.5. The maximum atomic E-state index is 12.1. The fourth-order valence-corrected chi connectivity index (χ4v) is 2.40. The second kappa shape index (κ2) is 10.2. The van der Waals surface area contributed by atoms with Crippen LogP contribution < -0.4 is 10.6 Å². The Balaban J connectivity index is 0.00000264. The number of esters is 1. The maximum Gasteiger partial charge on any atom is 0.328 e. The summed E-state index contributed by atoms with van der Waals surface area (Å²) in [5.41, 5.74) is 0.966. The van der Waals surface area contributed by atoms with Gasteiger partial charge >= 0.3 is 5.97 Å². The Labute approximate surface area is 142 Å². The Bertz CT molecular complexity index is 492. The lowest BCUT2D eigenvalue weighted by atomic mass is 10.1. The van der Waals surface area contributed by atoms with E-state index in [2.05, 4.69) is 10.6 Å². The Kier molecular flexibility index (Phi) is 8.61. The highest BCUT2D eigenvalue weighted by Crippen LogP contribution is 2.06. The van der Waals surface area contributed by atoms with Gasteiger partial charge in [-0.3, -0.25) is 4.79 Å². The summed E-state index contributed by atoms with van der Waals surface area (Å²) in [6.45, 7) is 2.05. The number of halogens is 1. The van der Waals surface area contributed by atoms with Crippen LogP contribution in [0.15, 0.2) is 30.3 Å². The van der Waals surface area contributed by atoms with Crippen molar-refractivity contribution >= 4 is 24.3 Å². The zero-order valence-electron chi connectivity index (χ0n) is 13.1. The summed E-state index contributed by atoms with van der Waals surface area (Å²) in [7, 11) is 1.32. The van der Waals surface area contributed by atoms with Crippen LogP contribution in [-0.4, -0.2) is 50.8 Å². The normalized spacial score (nSPS) is 18.4. The first-order valence-electron chi connectivity index (χ1n) is 7.42. The molecule has 2 rings (SSSR count). The summed E-state index contributed by atoms with van der Waals surface area (Å²) < 4.78 is 10.3. The van der Waals surface area contributed by atoms with Crippen molar-refractivity contribution in [2.75, 3.05) is 26.8 Å². The van der Waals surface area contributed by atoms with Crippen LogP contribution in [0.3, 0.4) is 0 Å². The molecule has 0 aromatic heterocycles. The molecule has 1 aromatic rings. The summed E-state index contributed by atoms with van der Waals surface area (Å²) in [5, 5.41) is 5.91. The van der Waals surface area contributed by atoms with E-state index >= 15 is 0 Å². The van der Waals surface area contributed by atoms with Crippen LogP contribution in [0.5, 0.6) is 0 Å². The predicted molar refractivity (Wildman–Crippen MR) is 88.6 cm³/mol. The van der Waals surface area contributed by atoms with Crippen LogP contribution in [0.2, 0.25) is 0 Å². The molecule has 0 saturated carbocycles. The minimum absolute atomic E-state index is 0. The molecule has 2 N–H and O–H groups in total. The van der Waals surface area contributed by atoms with Crippen LogP contribution in [0.4, 0.5) is 0 Å². The van der Waals surface area contributed by atoms with Crippen molar-refractivity contribution in [3.8, 4) is 0 Å². The molecule has 2 atom stereocenters. The lowest BCUT2D eigenvalue weighted by molar-refractivity contribution is -0.145. The second-order valence-corrected chi connectivity index (χ2v) is 5.23. The van der Waals surface area contributed by atoms with Gasteiger partial charge in [0.15, 0.2) is 0 Å². The topological polar surface area (TPSA) is 76.7 Å². The van der Waals surface area contributed by atoms with Crippen LogP contribution in [0.1, 0.15) is 12.0 Å². The number of benzene rings is 1. The Morgan fingerprint density at radius 1 is 1.39 bits per heavy atom. The van der Waals surface area contributed by atoms with E-state index in [-0.39, 0.29) is 30.8 Å². The molecule has 2 unspecified atom stereocenters. The van der Waals surface area contributed by atoms with Crippen LogP contribution in [0, 0.1) is 0 Å². The van der Waals surface area contributed by atoms with Crippen LogP contribution >= 0.6 is 12.4 Å². The molecule has 1 aliphatic rings. The average Bonchev–Trinajstić information content (AvgIpc) is 2.55. The Morgan fingerprint density at radius 2 is 2.13 bits per heavy atom. The third-order valence-electron chi connectivity index (χ3n) is 3.52. The molecule has 0 aliphatic carbocycles. The van der Waals surface area contributed by atoms with E-state index in [4.69, 9.17) is 9.47 Å². The van der Waals surface area contributed by atoms with E-state index in [0.717, 1.165) is 12.1 Å². The van der Waals surface area contributed by atoms with Crippen molar-refractivity contribution in [1.82, 2.24) is 10.6 Å². The molecule has 1 aromatic carbocycles. The molecule has 7 heteroatoms. The van der Waals surface area contributed by atoms with Gasteiger partial charge in [0.2, 0.25) is 5.91 Å². The molecule has 1 heterocycles. The molecule has 128 valence electrons. The number of carbonyl (C=O) groups excluding carboxylic acids is 2. The first-order chi connectivity index (χ1) is 10.7. The molecule has 1 saturated heterocycles. The van der Waals surface area contributed by atoms with E-state index in [1.807, 2.05) is 30.3 Å². The zero-order valence-corrected chi connectivity index (χ0v) is 13.9. The molecule has 0 bridgehead atoms. The van der Waals surface area contributed by atoms with Gasteiger partial charge in [0, 0.05) is 19.5 Å². The van der Waals surface area contributed by atoms with E-state index < -0.39 is 12.0 Å². The molecule has 6 nitrogen and oxygen atoms in total. The molecular weight excluding hydrogens is 320 g/mol. The third-order valence-corrected chi connectivity index (χ3v) is 3.52. The number of amides is 1. The summed E-state index contributed by atoms with van der Waals surface area (Å²) >= 11 is 0. The second-order valence-electron chi connectivity index (χ2n) is 5.23. The van der Waals surface area contributed by atoms with Crippen molar-refractivity contribution in [3.05, 3.63) is 35.9 Å². The number of ether oxygens (including phenoxy) is 2. The number of morpholine rings is 1.